The van der Waals surface area contributed by atoms with E-state index in [4.69, 9.17) is 4.43 Å². The van der Waals surface area contributed by atoms with E-state index in [1.165, 1.54) is 77.7 Å². The van der Waals surface area contributed by atoms with Gasteiger partial charge in [0.1, 0.15) is 0 Å². The summed E-state index contributed by atoms with van der Waals surface area (Å²) in [4.78, 5) is 11.1. The molecular weight excluding hydrogens is 364 g/mol. The zero-order valence-electron chi connectivity index (χ0n) is 20.2. The van der Waals surface area contributed by atoms with Gasteiger partial charge in [0, 0.05) is 12.5 Å². The predicted molar refractivity (Wildman–Crippen MR) is 124 cm³/mol. The van der Waals surface area contributed by atoms with Crippen molar-refractivity contribution in [2.45, 2.75) is 142 Å². The molecule has 0 rings (SSSR count). The van der Waals surface area contributed by atoms with Crippen LogP contribution in [-0.4, -0.2) is 27.5 Å². The Morgan fingerprint density at radius 3 is 1.75 bits per heavy atom. The highest BCUT2D eigenvalue weighted by molar-refractivity contribution is 6.74. The number of methoxy groups -OCH3 is 1. The second-order valence-corrected chi connectivity index (χ2v) is 14.7. The molecule has 0 aliphatic heterocycles. The van der Waals surface area contributed by atoms with E-state index in [-0.39, 0.29) is 5.97 Å². The minimum Gasteiger partial charge on any atom is -0.469 e. The van der Waals surface area contributed by atoms with E-state index in [1.54, 1.807) is 0 Å². The molecule has 4 heteroatoms. The molecule has 0 heterocycles. The topological polar surface area (TPSA) is 35.5 Å². The molecule has 0 saturated heterocycles. The van der Waals surface area contributed by atoms with E-state index in [9.17, 15) is 4.79 Å². The van der Waals surface area contributed by atoms with Crippen molar-refractivity contribution < 1.29 is 14.0 Å². The van der Waals surface area contributed by atoms with Gasteiger partial charge in [-0.15, -0.1) is 0 Å². The second kappa shape index (κ2) is 15.5. The summed E-state index contributed by atoms with van der Waals surface area (Å²) >= 11 is 0. The molecule has 3 nitrogen and oxygen atoms in total. The van der Waals surface area contributed by atoms with Gasteiger partial charge in [-0.05, 0) is 37.4 Å². The van der Waals surface area contributed by atoms with Crippen LogP contribution in [0.5, 0.6) is 0 Å². The zero-order valence-corrected chi connectivity index (χ0v) is 21.2. The first kappa shape index (κ1) is 27.6. The maximum absolute atomic E-state index is 11.1. The van der Waals surface area contributed by atoms with Gasteiger partial charge in [0.15, 0.2) is 8.32 Å². The largest absolute Gasteiger partial charge is 0.469 e. The second-order valence-electron chi connectivity index (χ2n) is 9.94. The van der Waals surface area contributed by atoms with Crippen molar-refractivity contribution >= 4 is 14.3 Å². The Bertz CT molecular complexity index is 388. The first-order valence-electron chi connectivity index (χ1n) is 11.9. The van der Waals surface area contributed by atoms with Crippen molar-refractivity contribution in [1.82, 2.24) is 0 Å². The van der Waals surface area contributed by atoms with E-state index >= 15 is 0 Å². The number of carbonyl (C=O) groups is 1. The Morgan fingerprint density at radius 1 is 0.821 bits per heavy atom. The van der Waals surface area contributed by atoms with E-state index < -0.39 is 8.32 Å². The summed E-state index contributed by atoms with van der Waals surface area (Å²) < 4.78 is 11.5. The van der Waals surface area contributed by atoms with E-state index in [1.807, 2.05) is 0 Å². The average Bonchev–Trinajstić information content (AvgIpc) is 2.62. The SMILES string of the molecule is CCCCCCC(CCCCCCCCCC(=O)OC)O[Si](C)(C)C(C)(C)C. The summed E-state index contributed by atoms with van der Waals surface area (Å²) in [6, 6.07) is 0. The van der Waals surface area contributed by atoms with Crippen molar-refractivity contribution in [3.05, 3.63) is 0 Å². The minimum absolute atomic E-state index is 0.0771. The summed E-state index contributed by atoms with van der Waals surface area (Å²) in [5.74, 6) is -0.0771. The van der Waals surface area contributed by atoms with Crippen molar-refractivity contribution in [1.29, 1.82) is 0 Å². The fourth-order valence-corrected chi connectivity index (χ4v) is 4.70. The maximum Gasteiger partial charge on any atom is 0.305 e. The monoisotopic (exact) mass is 414 g/mol. The van der Waals surface area contributed by atoms with Gasteiger partial charge < -0.3 is 9.16 Å². The number of hydrogen-bond donors (Lipinski definition) is 0. The summed E-state index contributed by atoms with van der Waals surface area (Å²) in [5.41, 5.74) is 0. The first-order chi connectivity index (χ1) is 13.1. The number of rotatable bonds is 17. The lowest BCUT2D eigenvalue weighted by atomic mass is 10.0. The zero-order chi connectivity index (χ0) is 21.5. The first-order valence-corrected chi connectivity index (χ1v) is 14.8. The molecule has 0 amide bonds. The molecular formula is C24H50O3Si. The molecule has 0 fully saturated rings. The highest BCUT2D eigenvalue weighted by Crippen LogP contribution is 2.38. The molecule has 28 heavy (non-hydrogen) atoms. The molecule has 168 valence electrons. The lowest BCUT2D eigenvalue weighted by Crippen LogP contribution is -2.44. The van der Waals surface area contributed by atoms with E-state index in [0.717, 1.165) is 12.8 Å². The molecule has 0 aliphatic rings. The summed E-state index contributed by atoms with van der Waals surface area (Å²) in [6.45, 7) is 14.1. The van der Waals surface area contributed by atoms with Crippen LogP contribution in [0.1, 0.15) is 118 Å². The number of ether oxygens (including phenoxy) is 1. The van der Waals surface area contributed by atoms with Crippen LogP contribution in [0.25, 0.3) is 0 Å². The quantitative estimate of drug-likeness (QED) is 0.137. The molecule has 0 spiro atoms. The Labute approximate surface area is 177 Å². The number of unbranched alkanes of at least 4 members (excludes halogenated alkanes) is 9. The summed E-state index contributed by atoms with van der Waals surface area (Å²) in [7, 11) is -0.211. The maximum atomic E-state index is 11.1. The highest BCUT2D eigenvalue weighted by atomic mass is 28.4. The Hall–Kier alpha value is -0.353. The van der Waals surface area contributed by atoms with Gasteiger partial charge in [0.05, 0.1) is 7.11 Å². The van der Waals surface area contributed by atoms with Gasteiger partial charge in [-0.25, -0.2) is 0 Å². The van der Waals surface area contributed by atoms with Crippen LogP contribution >= 0.6 is 0 Å². The Morgan fingerprint density at radius 2 is 1.29 bits per heavy atom. The summed E-state index contributed by atoms with van der Waals surface area (Å²) in [6.07, 6.45) is 17.3. The van der Waals surface area contributed by atoms with E-state index in [2.05, 4.69) is 45.5 Å². The normalized spacial score (nSPS) is 13.5. The third-order valence-corrected chi connectivity index (χ3v) is 10.8. The Kier molecular flexibility index (Phi) is 15.3. The van der Waals surface area contributed by atoms with Gasteiger partial charge in [-0.2, -0.15) is 0 Å². The van der Waals surface area contributed by atoms with Gasteiger partial charge in [-0.1, -0.05) is 91.9 Å². The van der Waals surface area contributed by atoms with Crippen molar-refractivity contribution in [3.63, 3.8) is 0 Å². The van der Waals surface area contributed by atoms with Crippen LogP contribution in [0, 0.1) is 0 Å². The lowest BCUT2D eigenvalue weighted by molar-refractivity contribution is -0.140. The van der Waals surface area contributed by atoms with Gasteiger partial charge in [-0.3, -0.25) is 4.79 Å². The molecule has 0 N–H and O–H groups in total. The molecule has 0 aromatic rings. The minimum atomic E-state index is -1.68. The average molecular weight is 415 g/mol. The van der Waals surface area contributed by atoms with Crippen LogP contribution in [0.2, 0.25) is 18.1 Å². The van der Waals surface area contributed by atoms with Gasteiger partial charge >= 0.3 is 5.97 Å². The predicted octanol–water partition coefficient (Wildman–Crippen LogP) is 8.03. The smallest absolute Gasteiger partial charge is 0.305 e. The molecule has 0 bridgehead atoms. The third kappa shape index (κ3) is 13.8. The van der Waals surface area contributed by atoms with Gasteiger partial charge in [0.25, 0.3) is 0 Å². The molecule has 0 radical (unpaired) electrons. The van der Waals surface area contributed by atoms with Crippen molar-refractivity contribution in [3.8, 4) is 0 Å². The van der Waals surface area contributed by atoms with Gasteiger partial charge in [0.2, 0.25) is 0 Å². The molecule has 0 saturated carbocycles. The number of hydrogen-bond acceptors (Lipinski definition) is 3. The van der Waals surface area contributed by atoms with Crippen molar-refractivity contribution in [2.75, 3.05) is 7.11 Å². The van der Waals surface area contributed by atoms with Crippen LogP contribution in [0.15, 0.2) is 0 Å². The standard InChI is InChI=1S/C24H50O3Si/c1-8-9-10-16-19-22(27-28(6,7)24(2,3)4)20-17-14-12-11-13-15-18-21-23(25)26-5/h22H,8-21H2,1-7H3. The van der Waals surface area contributed by atoms with E-state index in [0.29, 0.717) is 17.6 Å². The fraction of sp³-hybridized carbons (Fsp3) is 0.958. The molecule has 0 aliphatic carbocycles. The molecule has 0 aromatic heterocycles. The van der Waals surface area contributed by atoms with Crippen LogP contribution in [0.3, 0.4) is 0 Å². The highest BCUT2D eigenvalue weighted by Gasteiger charge is 2.38. The van der Waals surface area contributed by atoms with Crippen LogP contribution in [0.4, 0.5) is 0 Å². The summed E-state index contributed by atoms with van der Waals surface area (Å²) in [5, 5.41) is 0.291. The fourth-order valence-electron chi connectivity index (χ4n) is 3.28. The van der Waals surface area contributed by atoms with Crippen LogP contribution < -0.4 is 0 Å². The molecule has 0 aromatic carbocycles. The lowest BCUT2D eigenvalue weighted by Gasteiger charge is -2.39. The number of carbonyl (C=O) groups excluding carboxylic acids is 1. The number of esters is 1. The molecule has 1 unspecified atom stereocenters. The molecule has 1 atom stereocenters. The van der Waals surface area contributed by atoms with Crippen molar-refractivity contribution in [2.24, 2.45) is 0 Å². The third-order valence-electron chi connectivity index (χ3n) is 6.28. The Balaban J connectivity index is 4.08. The van der Waals surface area contributed by atoms with Crippen LogP contribution in [-0.2, 0) is 14.0 Å².